The molecule has 0 radical (unpaired) electrons. The van der Waals surface area contributed by atoms with Crippen LogP contribution in [0, 0.1) is 0 Å². The molecular weight excluding hydrogens is 369 g/mol. The van der Waals surface area contributed by atoms with E-state index in [1.165, 1.54) is 31.3 Å². The molecular formula is C14H12Cl3NO5. The van der Waals surface area contributed by atoms with E-state index in [1.807, 2.05) is 0 Å². The van der Waals surface area contributed by atoms with Gasteiger partial charge in [0.15, 0.2) is 0 Å². The molecule has 0 saturated carbocycles. The molecule has 0 amide bonds. The first-order chi connectivity index (χ1) is 10.9. The van der Waals surface area contributed by atoms with E-state index in [4.69, 9.17) is 44.3 Å². The first kappa shape index (κ1) is 17.9. The molecule has 0 aromatic heterocycles. The molecule has 1 heterocycles. The number of carbonyl (C=O) groups excluding carboxylic acids is 2. The number of halogens is 3. The van der Waals surface area contributed by atoms with Gasteiger partial charge in [0.05, 0.1) is 42.1 Å². The van der Waals surface area contributed by atoms with Crippen molar-refractivity contribution in [3.8, 4) is 0 Å². The molecule has 2 rings (SSSR count). The van der Waals surface area contributed by atoms with Crippen LogP contribution in [0.3, 0.4) is 0 Å². The van der Waals surface area contributed by atoms with E-state index in [0.29, 0.717) is 5.02 Å². The van der Waals surface area contributed by atoms with Gasteiger partial charge >= 0.3 is 11.9 Å². The molecule has 1 aromatic carbocycles. The lowest BCUT2D eigenvalue weighted by Gasteiger charge is -2.32. The second kappa shape index (κ2) is 7.40. The van der Waals surface area contributed by atoms with E-state index >= 15 is 0 Å². The summed E-state index contributed by atoms with van der Waals surface area (Å²) in [4.78, 5) is 25.4. The molecule has 23 heavy (non-hydrogen) atoms. The maximum Gasteiger partial charge on any atom is 0.355 e. The summed E-state index contributed by atoms with van der Waals surface area (Å²) in [5.74, 6) is -1.45. The van der Waals surface area contributed by atoms with Crippen LogP contribution in [-0.4, -0.2) is 39.5 Å². The van der Waals surface area contributed by atoms with Gasteiger partial charge in [0, 0.05) is 5.02 Å². The summed E-state index contributed by atoms with van der Waals surface area (Å²) in [6.45, 7) is -0.150. The van der Waals surface area contributed by atoms with Crippen molar-refractivity contribution in [1.29, 1.82) is 0 Å². The molecule has 0 atom stereocenters. The standard InChI is InChI=1S/C14H12Cl3NO5/c1-21-13(19)8-5-23-6-18(11(8)14(20)22-2)12-9(16)3-7(15)4-10(12)17/h3-4H,5-6H2,1-2H3. The predicted molar refractivity (Wildman–Crippen MR) is 85.8 cm³/mol. The molecule has 6 nitrogen and oxygen atoms in total. The second-order valence-corrected chi connectivity index (χ2v) is 5.68. The van der Waals surface area contributed by atoms with Gasteiger partial charge in [-0.25, -0.2) is 9.59 Å². The minimum absolute atomic E-state index is 0.00711. The Balaban J connectivity index is 2.65. The molecule has 1 aromatic rings. The molecule has 0 spiro atoms. The van der Waals surface area contributed by atoms with Crippen molar-refractivity contribution in [3.05, 3.63) is 38.5 Å². The van der Waals surface area contributed by atoms with Crippen molar-refractivity contribution < 1.29 is 23.8 Å². The molecule has 0 N–H and O–H groups in total. The van der Waals surface area contributed by atoms with Gasteiger partial charge in [-0.2, -0.15) is 0 Å². The summed E-state index contributed by atoms with van der Waals surface area (Å²) in [7, 11) is 2.40. The van der Waals surface area contributed by atoms with Crippen molar-refractivity contribution in [2.24, 2.45) is 0 Å². The number of anilines is 1. The van der Waals surface area contributed by atoms with Crippen molar-refractivity contribution in [2.75, 3.05) is 32.5 Å². The smallest absolute Gasteiger partial charge is 0.355 e. The lowest BCUT2D eigenvalue weighted by Crippen LogP contribution is -2.39. The number of methoxy groups -OCH3 is 2. The maximum absolute atomic E-state index is 12.2. The van der Waals surface area contributed by atoms with Crippen LogP contribution in [0.4, 0.5) is 5.69 Å². The van der Waals surface area contributed by atoms with Gasteiger partial charge in [0.25, 0.3) is 0 Å². The third kappa shape index (κ3) is 3.55. The zero-order valence-corrected chi connectivity index (χ0v) is 14.5. The highest BCUT2D eigenvalue weighted by molar-refractivity contribution is 6.42. The second-order valence-electron chi connectivity index (χ2n) is 4.43. The van der Waals surface area contributed by atoms with Crippen LogP contribution >= 0.6 is 34.8 Å². The lowest BCUT2D eigenvalue weighted by atomic mass is 10.1. The Morgan fingerprint density at radius 3 is 2.17 bits per heavy atom. The van der Waals surface area contributed by atoms with Gasteiger partial charge in [-0.15, -0.1) is 0 Å². The normalized spacial score (nSPS) is 14.7. The average molecular weight is 381 g/mol. The fourth-order valence-corrected chi connectivity index (χ4v) is 3.13. The minimum Gasteiger partial charge on any atom is -0.466 e. The molecule has 0 aliphatic carbocycles. The number of carbonyl (C=O) groups is 2. The number of benzene rings is 1. The minimum atomic E-state index is -0.740. The van der Waals surface area contributed by atoms with Crippen molar-refractivity contribution in [3.63, 3.8) is 0 Å². The monoisotopic (exact) mass is 379 g/mol. The third-order valence-corrected chi connectivity index (χ3v) is 3.88. The fourth-order valence-electron chi connectivity index (χ4n) is 2.11. The molecule has 0 unspecified atom stereocenters. The molecule has 9 heteroatoms. The first-order valence-corrected chi connectivity index (χ1v) is 7.43. The molecule has 0 bridgehead atoms. The topological polar surface area (TPSA) is 65.1 Å². The van der Waals surface area contributed by atoms with E-state index in [9.17, 15) is 9.59 Å². The maximum atomic E-state index is 12.2. The van der Waals surface area contributed by atoms with Gasteiger partial charge in [0.1, 0.15) is 12.4 Å². The number of rotatable bonds is 3. The predicted octanol–water partition coefficient (Wildman–Crippen LogP) is 3.04. The van der Waals surface area contributed by atoms with Gasteiger partial charge in [0.2, 0.25) is 0 Å². The van der Waals surface area contributed by atoms with Crippen LogP contribution in [0.5, 0.6) is 0 Å². The molecule has 1 aliphatic rings. The Labute approximate surface area is 147 Å². The highest BCUT2D eigenvalue weighted by Crippen LogP contribution is 2.40. The molecule has 0 saturated heterocycles. The number of esters is 2. The lowest BCUT2D eigenvalue weighted by molar-refractivity contribution is -0.140. The van der Waals surface area contributed by atoms with E-state index in [0.717, 1.165) is 0 Å². The largest absolute Gasteiger partial charge is 0.466 e. The zero-order valence-electron chi connectivity index (χ0n) is 12.2. The summed E-state index contributed by atoms with van der Waals surface area (Å²) >= 11 is 18.3. The summed E-state index contributed by atoms with van der Waals surface area (Å²) in [6, 6.07) is 2.93. The Hall–Kier alpha value is -1.47. The highest BCUT2D eigenvalue weighted by atomic mass is 35.5. The average Bonchev–Trinajstić information content (AvgIpc) is 2.52. The van der Waals surface area contributed by atoms with Gasteiger partial charge < -0.3 is 19.1 Å². The number of hydrogen-bond acceptors (Lipinski definition) is 6. The SMILES string of the molecule is COC(=O)C1=C(C(=O)OC)N(c2c(Cl)cc(Cl)cc2Cl)COC1. The van der Waals surface area contributed by atoms with Crippen molar-refractivity contribution in [1.82, 2.24) is 0 Å². The zero-order chi connectivity index (χ0) is 17.1. The van der Waals surface area contributed by atoms with Crippen LogP contribution in [0.1, 0.15) is 0 Å². The first-order valence-electron chi connectivity index (χ1n) is 6.30. The van der Waals surface area contributed by atoms with Gasteiger partial charge in [-0.05, 0) is 12.1 Å². The van der Waals surface area contributed by atoms with Crippen LogP contribution in [0.2, 0.25) is 15.1 Å². The van der Waals surface area contributed by atoms with Gasteiger partial charge in [-0.3, -0.25) is 0 Å². The van der Waals surface area contributed by atoms with Crippen molar-refractivity contribution >= 4 is 52.4 Å². The Morgan fingerprint density at radius 1 is 1.09 bits per heavy atom. The van der Waals surface area contributed by atoms with Crippen molar-refractivity contribution in [2.45, 2.75) is 0 Å². The number of ether oxygens (including phenoxy) is 3. The summed E-state index contributed by atoms with van der Waals surface area (Å²) in [5, 5.41) is 0.718. The van der Waals surface area contributed by atoms with Crippen LogP contribution in [0.25, 0.3) is 0 Å². The molecule has 124 valence electrons. The fraction of sp³-hybridized carbons (Fsp3) is 0.286. The molecule has 1 aliphatic heterocycles. The van der Waals surface area contributed by atoms with Gasteiger partial charge in [-0.1, -0.05) is 34.8 Å². The van der Waals surface area contributed by atoms with Crippen LogP contribution in [0.15, 0.2) is 23.4 Å². The quantitative estimate of drug-likeness (QED) is 0.751. The third-order valence-electron chi connectivity index (χ3n) is 3.08. The van der Waals surface area contributed by atoms with Crippen LogP contribution < -0.4 is 4.90 Å². The van der Waals surface area contributed by atoms with E-state index < -0.39 is 11.9 Å². The molecule has 0 fully saturated rings. The summed E-state index contributed by atoms with van der Waals surface area (Å²) < 4.78 is 14.8. The summed E-state index contributed by atoms with van der Waals surface area (Å²) in [6.07, 6.45) is 0. The van der Waals surface area contributed by atoms with E-state index in [-0.39, 0.29) is 40.3 Å². The van der Waals surface area contributed by atoms with E-state index in [1.54, 1.807) is 0 Å². The van der Waals surface area contributed by atoms with E-state index in [2.05, 4.69) is 4.74 Å². The number of nitrogens with zero attached hydrogens (tertiary/aromatic N) is 1. The Morgan fingerprint density at radius 2 is 1.65 bits per heavy atom. The summed E-state index contributed by atoms with van der Waals surface area (Å²) in [5.41, 5.74) is 0.239. The Bertz CT molecular complexity index is 666. The van der Waals surface area contributed by atoms with Crippen LogP contribution in [-0.2, 0) is 23.8 Å². The Kier molecular flexibility index (Phi) is 5.75. The number of hydrogen-bond donors (Lipinski definition) is 0. The highest BCUT2D eigenvalue weighted by Gasteiger charge is 2.34.